The van der Waals surface area contributed by atoms with Gasteiger partial charge in [-0.05, 0) is 42.1 Å². The number of hydrogen-bond acceptors (Lipinski definition) is 5. The van der Waals surface area contributed by atoms with Crippen LogP contribution in [-0.4, -0.2) is 16.6 Å². The second-order valence-corrected chi connectivity index (χ2v) is 7.20. The van der Waals surface area contributed by atoms with E-state index in [9.17, 15) is 10.1 Å². The molecule has 3 rings (SSSR count). The van der Waals surface area contributed by atoms with Crippen molar-refractivity contribution in [1.82, 2.24) is 4.98 Å². The first kappa shape index (κ1) is 17.2. The number of carbonyl (C=O) groups excluding carboxylic acids is 1. The van der Waals surface area contributed by atoms with Gasteiger partial charge in [0.25, 0.3) is 0 Å². The van der Waals surface area contributed by atoms with Crippen LogP contribution >= 0.6 is 23.1 Å². The Morgan fingerprint density at radius 2 is 2.08 bits per heavy atom. The number of hydrogen-bond donors (Lipinski definition) is 1. The van der Waals surface area contributed by atoms with Crippen LogP contribution in [0.5, 0.6) is 0 Å². The summed E-state index contributed by atoms with van der Waals surface area (Å²) in [5.74, 6) is 0.0794. The molecule has 0 saturated carbocycles. The maximum atomic E-state index is 12.2. The summed E-state index contributed by atoms with van der Waals surface area (Å²) in [6.07, 6.45) is 0. The Kier molecular flexibility index (Phi) is 5.49. The molecule has 0 aliphatic rings. The van der Waals surface area contributed by atoms with Crippen LogP contribution < -0.4 is 5.32 Å². The highest BCUT2D eigenvalue weighted by Gasteiger charge is 2.11. The minimum absolute atomic E-state index is 0.119. The lowest BCUT2D eigenvalue weighted by Crippen LogP contribution is -2.15. The van der Waals surface area contributed by atoms with Crippen molar-refractivity contribution in [2.75, 3.05) is 11.1 Å². The molecule has 0 unspecified atom stereocenters. The molecule has 0 fully saturated rings. The molecule has 4 nitrogen and oxygen atoms in total. The predicted octanol–water partition coefficient (Wildman–Crippen LogP) is 4.72. The molecule has 0 aliphatic carbocycles. The Morgan fingerprint density at radius 1 is 1.24 bits per heavy atom. The molecule has 2 aromatic heterocycles. The second-order valence-electron chi connectivity index (χ2n) is 5.29. The van der Waals surface area contributed by atoms with Crippen molar-refractivity contribution in [3.8, 4) is 16.6 Å². The number of amides is 1. The number of anilines is 1. The quantitative estimate of drug-likeness (QED) is 0.664. The minimum atomic E-state index is -0.119. The number of para-hydroxylation sites is 1. The second kappa shape index (κ2) is 7.97. The fourth-order valence-corrected chi connectivity index (χ4v) is 3.70. The zero-order valence-corrected chi connectivity index (χ0v) is 15.2. The number of nitriles is 1. The smallest absolute Gasteiger partial charge is 0.234 e. The molecule has 0 aliphatic heterocycles. The highest BCUT2D eigenvalue weighted by molar-refractivity contribution is 8.00. The third-order valence-electron chi connectivity index (χ3n) is 3.51. The van der Waals surface area contributed by atoms with E-state index in [1.54, 1.807) is 17.4 Å². The first-order valence-electron chi connectivity index (χ1n) is 7.60. The number of nitrogens with zero attached hydrogens (tertiary/aromatic N) is 2. The summed E-state index contributed by atoms with van der Waals surface area (Å²) in [5, 5.41) is 14.7. The van der Waals surface area contributed by atoms with E-state index in [2.05, 4.69) is 16.4 Å². The Morgan fingerprint density at radius 3 is 2.80 bits per heavy atom. The summed E-state index contributed by atoms with van der Waals surface area (Å²) >= 11 is 2.87. The Balaban J connectivity index is 1.72. The summed E-state index contributed by atoms with van der Waals surface area (Å²) in [6, 6.07) is 17.3. The van der Waals surface area contributed by atoms with Gasteiger partial charge in [-0.3, -0.25) is 4.79 Å². The van der Waals surface area contributed by atoms with E-state index in [4.69, 9.17) is 0 Å². The van der Waals surface area contributed by atoms with Gasteiger partial charge in [-0.2, -0.15) is 5.26 Å². The van der Waals surface area contributed by atoms with Crippen molar-refractivity contribution >= 4 is 34.7 Å². The number of benzene rings is 1. The number of rotatable bonds is 5. The minimum Gasteiger partial charge on any atom is -0.325 e. The summed E-state index contributed by atoms with van der Waals surface area (Å²) in [5.41, 5.74) is 3.11. The number of aromatic nitrogens is 1. The van der Waals surface area contributed by atoms with E-state index in [1.165, 1.54) is 11.8 Å². The van der Waals surface area contributed by atoms with E-state index >= 15 is 0 Å². The molecule has 0 spiro atoms. The van der Waals surface area contributed by atoms with Crippen molar-refractivity contribution < 1.29 is 4.79 Å². The predicted molar refractivity (Wildman–Crippen MR) is 103 cm³/mol. The van der Waals surface area contributed by atoms with E-state index in [1.807, 2.05) is 54.8 Å². The molecule has 6 heteroatoms. The number of carbonyl (C=O) groups is 1. The topological polar surface area (TPSA) is 65.8 Å². The number of thiophene rings is 1. The third-order valence-corrected chi connectivity index (χ3v) is 5.40. The van der Waals surface area contributed by atoms with Gasteiger partial charge in [-0.1, -0.05) is 36.0 Å². The average molecular weight is 365 g/mol. The maximum absolute atomic E-state index is 12.2. The fraction of sp³-hybridized carbons (Fsp3) is 0.105. The van der Waals surface area contributed by atoms with Gasteiger partial charge in [0.05, 0.1) is 21.9 Å². The normalized spacial score (nSPS) is 10.2. The van der Waals surface area contributed by atoms with Gasteiger partial charge in [-0.15, -0.1) is 11.3 Å². The molecular formula is C19H15N3OS2. The van der Waals surface area contributed by atoms with Gasteiger partial charge < -0.3 is 5.32 Å². The third kappa shape index (κ3) is 4.27. The van der Waals surface area contributed by atoms with Crippen LogP contribution in [-0.2, 0) is 4.79 Å². The highest BCUT2D eigenvalue weighted by Crippen LogP contribution is 2.28. The number of thioether (sulfide) groups is 1. The average Bonchev–Trinajstić information content (AvgIpc) is 3.16. The summed E-state index contributed by atoms with van der Waals surface area (Å²) in [6.45, 7) is 1.95. The van der Waals surface area contributed by atoms with Gasteiger partial charge in [-0.25, -0.2) is 4.98 Å². The van der Waals surface area contributed by atoms with E-state index < -0.39 is 0 Å². The van der Waals surface area contributed by atoms with Gasteiger partial charge >= 0.3 is 0 Å². The number of nitrogens with one attached hydrogen (secondary N) is 1. The summed E-state index contributed by atoms with van der Waals surface area (Å²) in [4.78, 5) is 17.8. The lowest BCUT2D eigenvalue weighted by Gasteiger charge is -2.08. The Hall–Kier alpha value is -2.62. The number of pyridine rings is 1. The summed E-state index contributed by atoms with van der Waals surface area (Å²) in [7, 11) is 0. The molecule has 25 heavy (non-hydrogen) atoms. The fourth-order valence-electron chi connectivity index (χ4n) is 2.23. The van der Waals surface area contributed by atoms with Gasteiger partial charge in [0.1, 0.15) is 11.1 Å². The van der Waals surface area contributed by atoms with Crippen molar-refractivity contribution in [1.29, 1.82) is 5.26 Å². The van der Waals surface area contributed by atoms with Crippen LogP contribution in [0.3, 0.4) is 0 Å². The van der Waals surface area contributed by atoms with E-state index in [-0.39, 0.29) is 11.7 Å². The largest absolute Gasteiger partial charge is 0.325 e. The van der Waals surface area contributed by atoms with Gasteiger partial charge in [0.15, 0.2) is 0 Å². The van der Waals surface area contributed by atoms with Crippen LogP contribution in [0.4, 0.5) is 5.69 Å². The molecule has 124 valence electrons. The van der Waals surface area contributed by atoms with Crippen molar-refractivity contribution in [3.63, 3.8) is 0 Å². The Labute approximate surface area is 154 Å². The maximum Gasteiger partial charge on any atom is 0.234 e. The molecule has 0 atom stereocenters. The van der Waals surface area contributed by atoms with Gasteiger partial charge in [0.2, 0.25) is 5.91 Å². The van der Waals surface area contributed by atoms with Crippen LogP contribution in [0.2, 0.25) is 0 Å². The van der Waals surface area contributed by atoms with E-state index in [0.717, 1.165) is 21.8 Å². The van der Waals surface area contributed by atoms with Crippen LogP contribution in [0.15, 0.2) is 58.9 Å². The number of aryl methyl sites for hydroxylation is 1. The monoisotopic (exact) mass is 365 g/mol. The zero-order chi connectivity index (χ0) is 17.6. The van der Waals surface area contributed by atoms with Crippen molar-refractivity contribution in [2.45, 2.75) is 11.9 Å². The van der Waals surface area contributed by atoms with Crippen molar-refractivity contribution in [2.24, 2.45) is 0 Å². The molecule has 1 aromatic carbocycles. The Bertz CT molecular complexity index is 930. The highest BCUT2D eigenvalue weighted by atomic mass is 32.2. The molecule has 1 N–H and O–H groups in total. The van der Waals surface area contributed by atoms with Crippen LogP contribution in [0, 0.1) is 18.3 Å². The molecule has 2 heterocycles. The molecule has 0 radical (unpaired) electrons. The van der Waals surface area contributed by atoms with Crippen LogP contribution in [0.1, 0.15) is 11.1 Å². The SMILES string of the molecule is Cc1ccccc1NC(=O)CSc1nc(-c2cccs2)ccc1C#N. The van der Waals surface area contributed by atoms with Gasteiger partial charge in [0, 0.05) is 5.69 Å². The van der Waals surface area contributed by atoms with Crippen LogP contribution in [0.25, 0.3) is 10.6 Å². The van der Waals surface area contributed by atoms with Crippen molar-refractivity contribution in [3.05, 3.63) is 65.0 Å². The first-order valence-corrected chi connectivity index (χ1v) is 9.47. The molecule has 0 bridgehead atoms. The lowest BCUT2D eigenvalue weighted by atomic mass is 10.2. The molecule has 1 amide bonds. The molecule has 0 saturated heterocycles. The summed E-state index contributed by atoms with van der Waals surface area (Å²) < 4.78 is 0. The zero-order valence-electron chi connectivity index (χ0n) is 13.5. The molecule has 3 aromatic rings. The first-order chi connectivity index (χ1) is 12.2. The lowest BCUT2D eigenvalue weighted by molar-refractivity contribution is -0.113. The molecular weight excluding hydrogens is 350 g/mol. The van der Waals surface area contributed by atoms with E-state index in [0.29, 0.717) is 10.6 Å². The standard InChI is InChI=1S/C19H15N3OS2/c1-13-5-2-3-6-15(13)21-18(23)12-25-19-14(11-20)8-9-16(22-19)17-7-4-10-24-17/h2-10H,12H2,1H3,(H,21,23).